The molecule has 25 heavy (non-hydrogen) atoms. The average Bonchev–Trinajstić information content (AvgIpc) is 2.95. The van der Waals surface area contributed by atoms with Crippen LogP contribution < -0.4 is 10.2 Å². The molecule has 0 bridgehead atoms. The molecule has 7 nitrogen and oxygen atoms in total. The van der Waals surface area contributed by atoms with E-state index in [1.54, 1.807) is 11.1 Å². The number of benzene rings is 1. The lowest BCUT2D eigenvalue weighted by atomic mass is 10.0. The normalized spacial score (nSPS) is 19.1. The molecular formula is C17H23N5O2S. The molecule has 1 atom stereocenters. The Bertz CT molecular complexity index is 836. The van der Waals surface area contributed by atoms with Crippen LogP contribution in [-0.2, 0) is 9.84 Å². The van der Waals surface area contributed by atoms with Crippen molar-refractivity contribution in [2.45, 2.75) is 32.2 Å². The van der Waals surface area contributed by atoms with Gasteiger partial charge in [0.05, 0.1) is 17.7 Å². The number of nitrogens with one attached hydrogen (secondary N) is 1. The minimum absolute atomic E-state index is 0.104. The summed E-state index contributed by atoms with van der Waals surface area (Å²) in [4.78, 5) is 6.26. The molecular weight excluding hydrogens is 338 g/mol. The van der Waals surface area contributed by atoms with Gasteiger partial charge in [-0.1, -0.05) is 26.0 Å². The highest BCUT2D eigenvalue weighted by Crippen LogP contribution is 2.22. The highest BCUT2D eigenvalue weighted by Gasteiger charge is 2.31. The van der Waals surface area contributed by atoms with E-state index < -0.39 is 9.84 Å². The fraction of sp³-hybridized carbons (Fsp3) is 0.471. The van der Waals surface area contributed by atoms with Gasteiger partial charge in [-0.05, 0) is 30.0 Å². The van der Waals surface area contributed by atoms with Crippen molar-refractivity contribution in [1.29, 1.82) is 0 Å². The van der Waals surface area contributed by atoms with Crippen molar-refractivity contribution in [1.82, 2.24) is 15.2 Å². The van der Waals surface area contributed by atoms with Gasteiger partial charge in [-0.3, -0.25) is 0 Å². The maximum absolute atomic E-state index is 11.7. The predicted octanol–water partition coefficient (Wildman–Crippen LogP) is 2.36. The Morgan fingerprint density at radius 1 is 1.24 bits per heavy atom. The van der Waals surface area contributed by atoms with Crippen LogP contribution in [0.5, 0.6) is 0 Å². The van der Waals surface area contributed by atoms with Crippen molar-refractivity contribution in [2.75, 3.05) is 28.8 Å². The molecule has 0 radical (unpaired) electrons. The van der Waals surface area contributed by atoms with Crippen LogP contribution in [0.25, 0.3) is 0 Å². The van der Waals surface area contributed by atoms with E-state index in [9.17, 15) is 8.42 Å². The molecule has 1 aromatic heterocycles. The molecule has 0 aliphatic carbocycles. The molecule has 0 spiro atoms. The Kier molecular flexibility index (Phi) is 4.89. The fourth-order valence-corrected chi connectivity index (χ4v) is 4.62. The van der Waals surface area contributed by atoms with Crippen LogP contribution in [0.3, 0.4) is 0 Å². The summed E-state index contributed by atoms with van der Waals surface area (Å²) in [7, 11) is -1.14. The summed E-state index contributed by atoms with van der Waals surface area (Å²) >= 11 is 0. The lowest BCUT2D eigenvalue weighted by Gasteiger charge is -2.22. The van der Waals surface area contributed by atoms with E-state index in [2.05, 4.69) is 46.5 Å². The predicted molar refractivity (Wildman–Crippen MR) is 99.1 cm³/mol. The topological polar surface area (TPSA) is 88.1 Å². The van der Waals surface area contributed by atoms with Gasteiger partial charge in [0.25, 0.3) is 0 Å². The van der Waals surface area contributed by atoms with Crippen LogP contribution in [0.2, 0.25) is 0 Å². The van der Waals surface area contributed by atoms with Gasteiger partial charge in [0, 0.05) is 18.8 Å². The van der Waals surface area contributed by atoms with Crippen LogP contribution in [0.4, 0.5) is 17.5 Å². The molecule has 2 aromatic rings. The van der Waals surface area contributed by atoms with Crippen LogP contribution in [0.1, 0.15) is 31.7 Å². The second-order valence-corrected chi connectivity index (χ2v) is 8.94. The molecule has 1 N–H and O–H groups in total. The lowest BCUT2D eigenvalue weighted by molar-refractivity contribution is 0.600. The third-order valence-electron chi connectivity index (χ3n) is 4.47. The molecule has 134 valence electrons. The van der Waals surface area contributed by atoms with Gasteiger partial charge in [0.1, 0.15) is 0 Å². The van der Waals surface area contributed by atoms with Crippen LogP contribution in [0, 0.1) is 0 Å². The smallest absolute Gasteiger partial charge is 0.247 e. The van der Waals surface area contributed by atoms with Crippen molar-refractivity contribution in [2.24, 2.45) is 0 Å². The second kappa shape index (κ2) is 6.95. The maximum atomic E-state index is 11.7. The summed E-state index contributed by atoms with van der Waals surface area (Å²) in [5.41, 5.74) is 2.19. The standard InChI is InChI=1S/C17H23N5O2S/c1-12(2)13-4-6-14(7-5-13)19-16-10-18-21-17(20-16)22(3)15-8-9-25(23,24)11-15/h4-7,10,12,15H,8-9,11H2,1-3H3,(H,19,20,21). The van der Waals surface area contributed by atoms with Crippen LogP contribution in [-0.4, -0.2) is 48.2 Å². The number of sulfone groups is 1. The van der Waals surface area contributed by atoms with E-state index in [0.717, 1.165) is 5.69 Å². The summed E-state index contributed by atoms with van der Waals surface area (Å²) in [5, 5.41) is 11.2. The monoisotopic (exact) mass is 361 g/mol. The van der Waals surface area contributed by atoms with Gasteiger partial charge in [0.15, 0.2) is 15.7 Å². The number of hydrogen-bond donors (Lipinski definition) is 1. The first kappa shape index (κ1) is 17.6. The fourth-order valence-electron chi connectivity index (χ4n) is 2.85. The SMILES string of the molecule is CC(C)c1ccc(Nc2cnnc(N(C)C3CCS(=O)(=O)C3)n2)cc1. The zero-order valence-corrected chi connectivity index (χ0v) is 15.5. The number of aromatic nitrogens is 3. The van der Waals surface area contributed by atoms with Crippen LogP contribution >= 0.6 is 0 Å². The van der Waals surface area contributed by atoms with Crippen molar-refractivity contribution >= 4 is 27.3 Å². The van der Waals surface area contributed by atoms with Gasteiger partial charge in [-0.2, -0.15) is 10.1 Å². The Balaban J connectivity index is 1.73. The van der Waals surface area contributed by atoms with Crippen LogP contribution in [0.15, 0.2) is 30.5 Å². The molecule has 1 fully saturated rings. The van der Waals surface area contributed by atoms with Gasteiger partial charge in [-0.25, -0.2) is 8.42 Å². The van der Waals surface area contributed by atoms with Gasteiger partial charge in [0.2, 0.25) is 5.95 Å². The molecule has 3 rings (SSSR count). The average molecular weight is 361 g/mol. The van der Waals surface area contributed by atoms with Crippen molar-refractivity contribution < 1.29 is 8.42 Å². The highest BCUT2D eigenvalue weighted by atomic mass is 32.2. The third-order valence-corrected chi connectivity index (χ3v) is 6.22. The molecule has 0 amide bonds. The minimum Gasteiger partial charge on any atom is -0.339 e. The Hall–Kier alpha value is -2.22. The van der Waals surface area contributed by atoms with E-state index in [4.69, 9.17) is 0 Å². The van der Waals surface area contributed by atoms with Crippen molar-refractivity contribution in [3.8, 4) is 0 Å². The van der Waals surface area contributed by atoms with Crippen molar-refractivity contribution in [3.63, 3.8) is 0 Å². The quantitative estimate of drug-likeness (QED) is 0.874. The molecule has 1 aliphatic rings. The maximum Gasteiger partial charge on any atom is 0.247 e. The van der Waals surface area contributed by atoms with Gasteiger partial charge < -0.3 is 10.2 Å². The Labute approximate surface area is 148 Å². The summed E-state index contributed by atoms with van der Waals surface area (Å²) in [6, 6.07) is 8.07. The summed E-state index contributed by atoms with van der Waals surface area (Å²) in [6.07, 6.45) is 2.15. The summed E-state index contributed by atoms with van der Waals surface area (Å²) in [6.45, 7) is 4.31. The Morgan fingerprint density at radius 2 is 1.96 bits per heavy atom. The van der Waals surface area contributed by atoms with Gasteiger partial charge >= 0.3 is 0 Å². The summed E-state index contributed by atoms with van der Waals surface area (Å²) < 4.78 is 23.3. The number of hydrogen-bond acceptors (Lipinski definition) is 7. The first-order valence-corrected chi connectivity index (χ1v) is 10.2. The summed E-state index contributed by atoms with van der Waals surface area (Å²) in [5.74, 6) is 1.84. The zero-order chi connectivity index (χ0) is 18.0. The minimum atomic E-state index is -2.95. The zero-order valence-electron chi connectivity index (χ0n) is 14.7. The molecule has 1 unspecified atom stereocenters. The molecule has 1 aromatic carbocycles. The van der Waals surface area contributed by atoms with E-state index >= 15 is 0 Å². The molecule has 1 saturated heterocycles. The number of anilines is 3. The van der Waals surface area contributed by atoms with E-state index in [1.165, 1.54) is 5.56 Å². The molecule has 8 heteroatoms. The van der Waals surface area contributed by atoms with E-state index in [0.29, 0.717) is 24.1 Å². The largest absolute Gasteiger partial charge is 0.339 e. The van der Waals surface area contributed by atoms with Gasteiger partial charge in [-0.15, -0.1) is 5.10 Å². The first-order chi connectivity index (χ1) is 11.8. The van der Waals surface area contributed by atoms with E-state index in [-0.39, 0.29) is 17.5 Å². The highest BCUT2D eigenvalue weighted by molar-refractivity contribution is 7.91. The molecule has 0 saturated carbocycles. The Morgan fingerprint density at radius 3 is 2.56 bits per heavy atom. The van der Waals surface area contributed by atoms with E-state index in [1.807, 2.05) is 19.2 Å². The van der Waals surface area contributed by atoms with Crippen molar-refractivity contribution in [3.05, 3.63) is 36.0 Å². The molecule has 1 aliphatic heterocycles. The lowest BCUT2D eigenvalue weighted by Crippen LogP contribution is -2.34. The third kappa shape index (κ3) is 4.25. The first-order valence-electron chi connectivity index (χ1n) is 8.34. The molecule has 2 heterocycles. The second-order valence-electron chi connectivity index (χ2n) is 6.71. The number of nitrogens with zero attached hydrogens (tertiary/aromatic N) is 4. The number of rotatable bonds is 5.